The molecule has 2 saturated heterocycles. The summed E-state index contributed by atoms with van der Waals surface area (Å²) in [6, 6.07) is 10.0. The molecule has 0 bridgehead atoms. The second-order valence-corrected chi connectivity index (χ2v) is 18.2. The molecule has 0 aliphatic carbocycles. The zero-order chi connectivity index (χ0) is 34.8. The fourth-order valence-corrected chi connectivity index (χ4v) is 11.0. The van der Waals surface area contributed by atoms with Gasteiger partial charge in [0, 0.05) is 46.5 Å². The van der Waals surface area contributed by atoms with Crippen molar-refractivity contribution >= 4 is 89.7 Å². The number of alkyl halides is 6. The molecule has 0 N–H and O–H groups in total. The molecule has 12 nitrogen and oxygen atoms in total. The number of halogens is 6. The van der Waals surface area contributed by atoms with Gasteiger partial charge in [0.05, 0.1) is 9.79 Å². The number of rotatable bonds is 10. The molecule has 2 aliphatic rings. The van der Waals surface area contributed by atoms with E-state index >= 15 is 0 Å². The number of nitrogens with zero attached hydrogens (tertiary/aromatic N) is 4. The van der Waals surface area contributed by atoms with Crippen LogP contribution in [0.15, 0.2) is 58.3 Å². The fraction of sp³-hybridized carbons (Fsp3) is 0.538. The first-order valence-electron chi connectivity index (χ1n) is 13.5. The lowest BCUT2D eigenvalue weighted by Crippen LogP contribution is -2.46. The first kappa shape index (κ1) is 39.2. The SMILES string of the molecule is Cc1ccc(S(=O)(=O)N2C[C@H](CCl)C(Cl)(Cl)[C@@H]2C[N+](=O)[O-])cc1.Cc1ccc(S(=O)(=O)N2C[C@H](CCl)C(Cl)(Cl)[C@@H]2C[N+](=O)[O-])cc1. The molecule has 2 aliphatic heterocycles. The van der Waals surface area contributed by atoms with Gasteiger partial charge < -0.3 is 0 Å². The molecule has 20 heteroatoms. The van der Waals surface area contributed by atoms with Gasteiger partial charge in [-0.25, -0.2) is 16.8 Å². The lowest BCUT2D eigenvalue weighted by molar-refractivity contribution is -0.485. The van der Waals surface area contributed by atoms with Crippen LogP contribution in [0.4, 0.5) is 0 Å². The van der Waals surface area contributed by atoms with Gasteiger partial charge >= 0.3 is 0 Å². The molecule has 0 amide bonds. The van der Waals surface area contributed by atoms with Crippen molar-refractivity contribution in [3.8, 4) is 0 Å². The van der Waals surface area contributed by atoms with E-state index < -0.39 is 75.6 Å². The van der Waals surface area contributed by atoms with Crippen LogP contribution in [-0.2, 0) is 20.0 Å². The van der Waals surface area contributed by atoms with E-state index in [0.29, 0.717) is 0 Å². The highest BCUT2D eigenvalue weighted by atomic mass is 35.5. The number of hydrogen-bond acceptors (Lipinski definition) is 8. The molecule has 2 aromatic carbocycles. The van der Waals surface area contributed by atoms with Crippen molar-refractivity contribution in [1.29, 1.82) is 0 Å². The van der Waals surface area contributed by atoms with Crippen molar-refractivity contribution in [2.45, 2.75) is 44.4 Å². The second kappa shape index (κ2) is 15.1. The van der Waals surface area contributed by atoms with Gasteiger partial charge in [0.1, 0.15) is 20.8 Å². The molecule has 256 valence electrons. The van der Waals surface area contributed by atoms with Crippen LogP contribution in [0.25, 0.3) is 0 Å². The minimum atomic E-state index is -3.96. The third-order valence-electron chi connectivity index (χ3n) is 7.74. The van der Waals surface area contributed by atoms with Crippen molar-refractivity contribution in [3.05, 3.63) is 79.9 Å². The predicted octanol–water partition coefficient (Wildman–Crippen LogP) is 5.35. The van der Waals surface area contributed by atoms with E-state index in [-0.39, 0.29) is 34.6 Å². The molecular weight excluding hydrogens is 773 g/mol. The minimum Gasteiger partial charge on any atom is -0.264 e. The van der Waals surface area contributed by atoms with Gasteiger partial charge in [-0.3, -0.25) is 20.2 Å². The topological polar surface area (TPSA) is 161 Å². The Labute approximate surface area is 297 Å². The lowest BCUT2D eigenvalue weighted by Gasteiger charge is -2.26. The lowest BCUT2D eigenvalue weighted by atomic mass is 10.1. The molecule has 4 atom stereocenters. The van der Waals surface area contributed by atoms with Crippen LogP contribution >= 0.6 is 69.6 Å². The maximum atomic E-state index is 12.8. The van der Waals surface area contributed by atoms with E-state index in [1.165, 1.54) is 24.3 Å². The molecule has 0 unspecified atom stereocenters. The number of aryl methyl sites for hydroxylation is 2. The average Bonchev–Trinajstić information content (AvgIpc) is 3.37. The van der Waals surface area contributed by atoms with Gasteiger partial charge in [0.2, 0.25) is 33.1 Å². The van der Waals surface area contributed by atoms with Gasteiger partial charge in [-0.05, 0) is 38.1 Å². The standard InChI is InChI=1S/2C13H15Cl3N2O4S/c2*1-9-2-4-11(5-3-9)23(21,22)17-7-10(6-14)13(15,16)12(17)8-18(19)20/h2*2-5,10,12H,6-8H2,1H3/t2*10-,12-/m00/s1. The second-order valence-electron chi connectivity index (χ2n) is 10.9. The quantitative estimate of drug-likeness (QED) is 0.177. The van der Waals surface area contributed by atoms with E-state index in [0.717, 1.165) is 19.7 Å². The summed E-state index contributed by atoms with van der Waals surface area (Å²) in [5.74, 6) is -1.20. The summed E-state index contributed by atoms with van der Waals surface area (Å²) >= 11 is 36.5. The maximum absolute atomic E-state index is 12.8. The fourth-order valence-electron chi connectivity index (χ4n) is 5.09. The van der Waals surface area contributed by atoms with Crippen molar-refractivity contribution in [1.82, 2.24) is 8.61 Å². The highest BCUT2D eigenvalue weighted by Crippen LogP contribution is 2.47. The van der Waals surface area contributed by atoms with Crippen LogP contribution in [0.2, 0.25) is 0 Å². The third kappa shape index (κ3) is 8.32. The molecular formula is C26H30Cl6N4O8S2. The number of sulfonamides is 2. The average molecular weight is 803 g/mol. The van der Waals surface area contributed by atoms with E-state index in [1.807, 2.05) is 13.8 Å². The Morgan fingerprint density at radius 3 is 1.20 bits per heavy atom. The van der Waals surface area contributed by atoms with Gasteiger partial charge in [0.15, 0.2) is 0 Å². The Balaban J connectivity index is 0.000000250. The van der Waals surface area contributed by atoms with Crippen molar-refractivity contribution in [3.63, 3.8) is 0 Å². The van der Waals surface area contributed by atoms with Crippen molar-refractivity contribution in [2.24, 2.45) is 11.8 Å². The highest BCUT2D eigenvalue weighted by molar-refractivity contribution is 7.89. The van der Waals surface area contributed by atoms with Crippen molar-refractivity contribution < 1.29 is 26.7 Å². The first-order chi connectivity index (χ1) is 21.2. The van der Waals surface area contributed by atoms with Gasteiger partial charge in [-0.1, -0.05) is 81.8 Å². The Hall–Kier alpha value is -1.20. The zero-order valence-corrected chi connectivity index (χ0v) is 30.5. The van der Waals surface area contributed by atoms with Crippen molar-refractivity contribution in [2.75, 3.05) is 37.9 Å². The Morgan fingerprint density at radius 1 is 0.674 bits per heavy atom. The molecule has 0 saturated carbocycles. The minimum absolute atomic E-state index is 0.00112. The molecule has 2 aromatic rings. The number of nitro groups is 2. The van der Waals surface area contributed by atoms with Crippen LogP contribution in [0.1, 0.15) is 11.1 Å². The summed E-state index contributed by atoms with van der Waals surface area (Å²) in [4.78, 5) is 20.7. The van der Waals surface area contributed by atoms with Crippen LogP contribution in [0, 0.1) is 45.9 Å². The summed E-state index contributed by atoms with van der Waals surface area (Å²) in [6.45, 7) is 2.15. The largest absolute Gasteiger partial charge is 0.264 e. The smallest absolute Gasteiger partial charge is 0.243 e. The van der Waals surface area contributed by atoms with Crippen LogP contribution < -0.4 is 0 Å². The normalized spacial score (nSPS) is 24.7. The molecule has 0 spiro atoms. The molecule has 0 aromatic heterocycles. The maximum Gasteiger partial charge on any atom is 0.243 e. The summed E-state index contributed by atoms with van der Waals surface area (Å²) in [5, 5.41) is 21.9. The number of hydrogen-bond donors (Lipinski definition) is 0. The summed E-state index contributed by atoms with van der Waals surface area (Å²) in [7, 11) is -7.93. The first-order valence-corrected chi connectivity index (χ1v) is 19.0. The van der Waals surface area contributed by atoms with E-state index in [9.17, 15) is 37.1 Å². The summed E-state index contributed by atoms with van der Waals surface area (Å²) < 4.78 is 50.1. The monoisotopic (exact) mass is 800 g/mol. The summed E-state index contributed by atoms with van der Waals surface area (Å²) in [5.41, 5.74) is 1.80. The Kier molecular flexibility index (Phi) is 12.9. The van der Waals surface area contributed by atoms with Gasteiger partial charge in [-0.2, -0.15) is 8.61 Å². The van der Waals surface area contributed by atoms with Crippen LogP contribution in [-0.4, -0.2) is 94.0 Å². The van der Waals surface area contributed by atoms with E-state index in [1.54, 1.807) is 24.3 Å². The molecule has 46 heavy (non-hydrogen) atoms. The highest BCUT2D eigenvalue weighted by Gasteiger charge is 2.59. The van der Waals surface area contributed by atoms with Gasteiger partial charge in [-0.15, -0.1) is 23.2 Å². The molecule has 4 rings (SSSR count). The molecule has 0 radical (unpaired) electrons. The van der Waals surface area contributed by atoms with Crippen LogP contribution in [0.5, 0.6) is 0 Å². The predicted molar refractivity (Wildman–Crippen MR) is 179 cm³/mol. The third-order valence-corrected chi connectivity index (χ3v) is 14.5. The van der Waals surface area contributed by atoms with E-state index in [2.05, 4.69) is 0 Å². The molecule has 2 fully saturated rings. The van der Waals surface area contributed by atoms with Gasteiger partial charge in [0.25, 0.3) is 0 Å². The Morgan fingerprint density at radius 2 is 0.957 bits per heavy atom. The number of benzene rings is 2. The summed E-state index contributed by atoms with van der Waals surface area (Å²) in [6.07, 6.45) is 0. The Bertz CT molecular complexity index is 1510. The molecule has 2 heterocycles. The van der Waals surface area contributed by atoms with E-state index in [4.69, 9.17) is 69.6 Å². The van der Waals surface area contributed by atoms with Crippen LogP contribution in [0.3, 0.4) is 0 Å². The zero-order valence-electron chi connectivity index (χ0n) is 24.3.